The molecule has 1 heterocycles. The molecule has 0 spiro atoms. The molecule has 0 N–H and O–H groups in total. The molecule has 0 saturated heterocycles. The average Bonchev–Trinajstić information content (AvgIpc) is 2.88. The third-order valence-corrected chi connectivity index (χ3v) is 4.11. The molecule has 0 aliphatic carbocycles. The van der Waals surface area contributed by atoms with Crippen LogP contribution in [0.25, 0.3) is 5.69 Å². The molecule has 24 heavy (non-hydrogen) atoms. The Labute approximate surface area is 144 Å². The van der Waals surface area contributed by atoms with E-state index in [-0.39, 0.29) is 12.3 Å². The van der Waals surface area contributed by atoms with E-state index in [0.717, 1.165) is 21.6 Å². The van der Waals surface area contributed by atoms with Gasteiger partial charge in [-0.05, 0) is 53.6 Å². The summed E-state index contributed by atoms with van der Waals surface area (Å²) in [4.78, 5) is 12.1. The molecule has 0 amide bonds. The monoisotopic (exact) mass is 344 g/mol. The van der Waals surface area contributed by atoms with Crippen LogP contribution in [0.15, 0.2) is 41.2 Å². The van der Waals surface area contributed by atoms with Crippen molar-refractivity contribution in [2.45, 2.75) is 20.5 Å². The van der Waals surface area contributed by atoms with Gasteiger partial charge in [0.15, 0.2) is 0 Å². The fourth-order valence-corrected chi connectivity index (χ4v) is 2.59. The largest absolute Gasteiger partial charge is 0.488 e. The number of halogens is 1. The van der Waals surface area contributed by atoms with Gasteiger partial charge in [0, 0.05) is 17.6 Å². The third kappa shape index (κ3) is 3.05. The number of tetrazole rings is 1. The van der Waals surface area contributed by atoms with Gasteiger partial charge in [-0.2, -0.15) is 9.36 Å². The van der Waals surface area contributed by atoms with E-state index in [4.69, 9.17) is 16.3 Å². The van der Waals surface area contributed by atoms with E-state index in [1.165, 1.54) is 4.68 Å². The lowest BCUT2D eigenvalue weighted by molar-refractivity contribution is 0.303. The molecule has 124 valence electrons. The molecule has 0 fully saturated rings. The van der Waals surface area contributed by atoms with E-state index in [1.54, 1.807) is 25.2 Å². The van der Waals surface area contributed by atoms with Crippen LogP contribution in [0.5, 0.6) is 5.75 Å². The van der Waals surface area contributed by atoms with Crippen molar-refractivity contribution in [1.82, 2.24) is 19.8 Å². The smallest absolute Gasteiger partial charge is 0.368 e. The van der Waals surface area contributed by atoms with Crippen LogP contribution in [0.3, 0.4) is 0 Å². The highest BCUT2D eigenvalue weighted by Gasteiger charge is 2.14. The summed E-state index contributed by atoms with van der Waals surface area (Å²) >= 11 is 6.33. The minimum absolute atomic E-state index is 0.225. The highest BCUT2D eigenvalue weighted by atomic mass is 35.5. The van der Waals surface area contributed by atoms with Gasteiger partial charge >= 0.3 is 5.69 Å². The van der Waals surface area contributed by atoms with Gasteiger partial charge < -0.3 is 4.74 Å². The highest BCUT2D eigenvalue weighted by molar-refractivity contribution is 6.31. The SMILES string of the molecule is Cc1ccc(C)c(OCc2c(Cl)cccc2-n2nnn(C)c2=O)c1. The molecule has 0 radical (unpaired) electrons. The Bertz CT molecular complexity index is 946. The van der Waals surface area contributed by atoms with Crippen LogP contribution < -0.4 is 10.4 Å². The summed E-state index contributed by atoms with van der Waals surface area (Å²) in [6.45, 7) is 4.21. The lowest BCUT2D eigenvalue weighted by atomic mass is 10.1. The number of benzene rings is 2. The van der Waals surface area contributed by atoms with E-state index >= 15 is 0 Å². The summed E-state index contributed by atoms with van der Waals surface area (Å²) in [6.07, 6.45) is 0. The molecule has 2 aromatic carbocycles. The number of ether oxygens (including phenoxy) is 1. The van der Waals surface area contributed by atoms with Gasteiger partial charge in [0.2, 0.25) is 0 Å². The topological polar surface area (TPSA) is 61.9 Å². The zero-order valence-corrected chi connectivity index (χ0v) is 14.4. The zero-order valence-electron chi connectivity index (χ0n) is 13.7. The Hall–Kier alpha value is -2.60. The van der Waals surface area contributed by atoms with Crippen LogP contribution in [0.1, 0.15) is 16.7 Å². The van der Waals surface area contributed by atoms with Gasteiger partial charge in [0.1, 0.15) is 12.4 Å². The van der Waals surface area contributed by atoms with Crippen LogP contribution >= 0.6 is 11.6 Å². The Morgan fingerprint density at radius 1 is 1.17 bits per heavy atom. The van der Waals surface area contributed by atoms with Gasteiger partial charge in [0.05, 0.1) is 5.69 Å². The Morgan fingerprint density at radius 2 is 1.96 bits per heavy atom. The molecule has 3 rings (SSSR count). The predicted molar refractivity (Wildman–Crippen MR) is 91.9 cm³/mol. The summed E-state index contributed by atoms with van der Waals surface area (Å²) in [5.41, 5.74) is 3.05. The number of aromatic nitrogens is 4. The molecule has 0 aliphatic heterocycles. The van der Waals surface area contributed by atoms with Gasteiger partial charge in [-0.15, -0.1) is 0 Å². The van der Waals surface area contributed by atoms with Crippen LogP contribution in [-0.2, 0) is 13.7 Å². The van der Waals surface area contributed by atoms with E-state index in [1.807, 2.05) is 32.0 Å². The molecule has 0 bridgehead atoms. The number of hydrogen-bond donors (Lipinski definition) is 0. The fraction of sp³-hybridized carbons (Fsp3) is 0.235. The predicted octanol–water partition coefficient (Wildman–Crippen LogP) is 2.82. The molecule has 0 unspecified atom stereocenters. The van der Waals surface area contributed by atoms with Gasteiger partial charge in [-0.1, -0.05) is 29.8 Å². The van der Waals surface area contributed by atoms with Gasteiger partial charge in [-0.25, -0.2) is 4.79 Å². The van der Waals surface area contributed by atoms with Crippen molar-refractivity contribution >= 4 is 11.6 Å². The molecule has 0 aliphatic rings. The minimum atomic E-state index is -0.342. The van der Waals surface area contributed by atoms with Gasteiger partial charge in [0.25, 0.3) is 0 Å². The summed E-state index contributed by atoms with van der Waals surface area (Å²) in [5.74, 6) is 0.785. The normalized spacial score (nSPS) is 10.8. The average molecular weight is 345 g/mol. The Balaban J connectivity index is 1.98. The molecule has 1 aromatic heterocycles. The first-order valence-corrected chi connectivity index (χ1v) is 7.82. The minimum Gasteiger partial charge on any atom is -0.488 e. The number of rotatable bonds is 4. The molecule has 3 aromatic rings. The Morgan fingerprint density at radius 3 is 2.67 bits per heavy atom. The maximum Gasteiger partial charge on any atom is 0.368 e. The van der Waals surface area contributed by atoms with Crippen molar-refractivity contribution in [1.29, 1.82) is 0 Å². The van der Waals surface area contributed by atoms with Crippen LogP contribution in [0.4, 0.5) is 0 Å². The first-order valence-electron chi connectivity index (χ1n) is 7.44. The van der Waals surface area contributed by atoms with Gasteiger partial charge in [-0.3, -0.25) is 0 Å². The summed E-state index contributed by atoms with van der Waals surface area (Å²) in [6, 6.07) is 11.3. The molecular formula is C17H17ClN4O2. The summed E-state index contributed by atoms with van der Waals surface area (Å²) < 4.78 is 8.32. The van der Waals surface area contributed by atoms with E-state index in [9.17, 15) is 4.79 Å². The van der Waals surface area contributed by atoms with Crippen molar-refractivity contribution in [2.24, 2.45) is 7.05 Å². The molecule has 0 saturated carbocycles. The van der Waals surface area contributed by atoms with E-state index in [2.05, 4.69) is 10.4 Å². The van der Waals surface area contributed by atoms with Crippen LogP contribution in [0.2, 0.25) is 5.02 Å². The first-order chi connectivity index (χ1) is 11.5. The second kappa shape index (κ2) is 6.49. The van der Waals surface area contributed by atoms with E-state index < -0.39 is 0 Å². The Kier molecular flexibility index (Phi) is 4.40. The maximum absolute atomic E-state index is 12.1. The van der Waals surface area contributed by atoms with Crippen molar-refractivity contribution in [2.75, 3.05) is 0 Å². The lowest BCUT2D eigenvalue weighted by Gasteiger charge is -2.13. The van der Waals surface area contributed by atoms with Crippen molar-refractivity contribution in [3.8, 4) is 11.4 Å². The summed E-state index contributed by atoms with van der Waals surface area (Å²) in [7, 11) is 1.54. The maximum atomic E-state index is 12.1. The molecule has 6 nitrogen and oxygen atoms in total. The first kappa shape index (κ1) is 16.3. The molecular weight excluding hydrogens is 328 g/mol. The molecule has 7 heteroatoms. The standard InChI is InChI=1S/C17H17ClN4O2/c1-11-7-8-12(2)16(9-11)24-10-13-14(18)5-4-6-15(13)22-17(23)21(3)19-20-22/h4-9H,10H2,1-3H3. The zero-order chi connectivity index (χ0) is 17.3. The quantitative estimate of drug-likeness (QED) is 0.730. The highest BCUT2D eigenvalue weighted by Crippen LogP contribution is 2.26. The van der Waals surface area contributed by atoms with Crippen molar-refractivity contribution in [3.05, 3.63) is 68.6 Å². The van der Waals surface area contributed by atoms with E-state index in [0.29, 0.717) is 16.3 Å². The third-order valence-electron chi connectivity index (χ3n) is 3.76. The van der Waals surface area contributed by atoms with Crippen molar-refractivity contribution in [3.63, 3.8) is 0 Å². The second-order valence-corrected chi connectivity index (χ2v) is 6.00. The lowest BCUT2D eigenvalue weighted by Crippen LogP contribution is -2.23. The van der Waals surface area contributed by atoms with Crippen LogP contribution in [-0.4, -0.2) is 19.8 Å². The number of hydrogen-bond acceptors (Lipinski definition) is 4. The van der Waals surface area contributed by atoms with Crippen LogP contribution in [0, 0.1) is 13.8 Å². The molecule has 0 atom stereocenters. The second-order valence-electron chi connectivity index (χ2n) is 5.59. The summed E-state index contributed by atoms with van der Waals surface area (Å²) in [5, 5.41) is 8.13. The fourth-order valence-electron chi connectivity index (χ4n) is 2.37. The number of aryl methyl sites for hydroxylation is 3. The number of nitrogens with zero attached hydrogens (tertiary/aromatic N) is 4. The van der Waals surface area contributed by atoms with Crippen molar-refractivity contribution < 1.29 is 4.74 Å².